The zero-order valence-electron chi connectivity index (χ0n) is 21.7. The second kappa shape index (κ2) is 9.70. The maximum atomic E-state index is 13.9. The molecule has 1 aromatic rings. The molecule has 9 atom stereocenters. The average Bonchev–Trinajstić information content (AvgIpc) is 3.51. The molecule has 1 aliphatic carbocycles. The lowest BCUT2D eigenvalue weighted by Gasteiger charge is -2.39. The number of likely N-dealkylation sites (tertiary alicyclic amines) is 1. The minimum absolute atomic E-state index is 0.0329. The molecule has 0 radical (unpaired) electrons. The number of carbonyl (C=O) groups excluding carboxylic acids is 3. The Morgan fingerprint density at radius 3 is 2.73 bits per heavy atom. The van der Waals surface area contributed by atoms with E-state index in [0.29, 0.717) is 23.9 Å². The lowest BCUT2D eigenvalue weighted by atomic mass is 9.73. The molecule has 3 aliphatic heterocycles. The summed E-state index contributed by atoms with van der Waals surface area (Å²) in [6.45, 7) is 8.28. The van der Waals surface area contributed by atoms with Gasteiger partial charge >= 0.3 is 0 Å². The Kier molecular flexibility index (Phi) is 6.86. The van der Waals surface area contributed by atoms with Crippen molar-refractivity contribution in [2.45, 2.75) is 83.2 Å². The normalized spacial score (nSPS) is 37.0. The first-order valence-corrected chi connectivity index (χ1v) is 13.7. The SMILES string of the molecule is CCC(C)N1C(=O)[C@H]2C(C(=O)Nc3ccc(F)c(Cl)c3)[C@H]3C=CC2(O3)C1C(=O)NC1CCCC(C)C1C. The van der Waals surface area contributed by atoms with Crippen molar-refractivity contribution in [1.29, 1.82) is 0 Å². The van der Waals surface area contributed by atoms with Gasteiger partial charge in [-0.1, -0.05) is 57.4 Å². The van der Waals surface area contributed by atoms with Crippen molar-refractivity contribution >= 4 is 35.0 Å². The Hall–Kier alpha value is -2.45. The Morgan fingerprint density at radius 1 is 1.27 bits per heavy atom. The highest BCUT2D eigenvalue weighted by Gasteiger charge is 2.73. The Balaban J connectivity index is 1.45. The molecule has 37 heavy (non-hydrogen) atoms. The molecule has 0 aromatic heterocycles. The Morgan fingerprint density at radius 2 is 2.03 bits per heavy atom. The van der Waals surface area contributed by atoms with E-state index in [9.17, 15) is 18.8 Å². The molecule has 1 saturated carbocycles. The number of ether oxygens (including phenoxy) is 1. The van der Waals surface area contributed by atoms with Crippen LogP contribution in [0.2, 0.25) is 5.02 Å². The highest BCUT2D eigenvalue weighted by Crippen LogP contribution is 2.56. The van der Waals surface area contributed by atoms with Crippen LogP contribution in [0.1, 0.15) is 53.4 Å². The van der Waals surface area contributed by atoms with E-state index in [4.69, 9.17) is 16.3 Å². The van der Waals surface area contributed by atoms with Gasteiger partial charge in [0.05, 0.1) is 23.0 Å². The summed E-state index contributed by atoms with van der Waals surface area (Å²) < 4.78 is 20.0. The van der Waals surface area contributed by atoms with Crippen molar-refractivity contribution < 1.29 is 23.5 Å². The van der Waals surface area contributed by atoms with Crippen molar-refractivity contribution in [2.24, 2.45) is 23.7 Å². The highest BCUT2D eigenvalue weighted by molar-refractivity contribution is 6.31. The second-order valence-electron chi connectivity index (χ2n) is 11.2. The third kappa shape index (κ3) is 4.16. The molecular formula is C28H35ClFN3O4. The number of rotatable bonds is 6. The van der Waals surface area contributed by atoms with E-state index < -0.39 is 41.3 Å². The predicted octanol–water partition coefficient (Wildman–Crippen LogP) is 4.31. The molecule has 1 spiro atoms. The van der Waals surface area contributed by atoms with E-state index >= 15 is 0 Å². The number of anilines is 1. The van der Waals surface area contributed by atoms with E-state index in [1.165, 1.54) is 18.2 Å². The smallest absolute Gasteiger partial charge is 0.246 e. The molecule has 3 amide bonds. The first-order chi connectivity index (χ1) is 17.6. The minimum atomic E-state index is -1.21. The van der Waals surface area contributed by atoms with E-state index in [1.807, 2.05) is 19.9 Å². The summed E-state index contributed by atoms with van der Waals surface area (Å²) in [5.41, 5.74) is -0.877. The molecule has 9 heteroatoms. The summed E-state index contributed by atoms with van der Waals surface area (Å²) in [4.78, 5) is 43.0. The number of nitrogens with zero attached hydrogens (tertiary/aromatic N) is 1. The molecule has 4 aliphatic rings. The lowest BCUT2D eigenvalue weighted by Crippen LogP contribution is -2.59. The lowest BCUT2D eigenvalue weighted by molar-refractivity contribution is -0.144. The summed E-state index contributed by atoms with van der Waals surface area (Å²) in [5, 5.41) is 5.92. The largest absolute Gasteiger partial charge is 0.359 e. The van der Waals surface area contributed by atoms with Crippen LogP contribution < -0.4 is 10.6 Å². The van der Waals surface area contributed by atoms with Crippen LogP contribution in [0, 0.1) is 29.5 Å². The monoisotopic (exact) mass is 531 g/mol. The standard InChI is InChI=1S/C28H35ClFN3O4/c1-5-15(3)33-24(26(35)32-20-8-6-7-14(2)16(20)4)28-12-11-21(37-28)22(23(28)27(33)36)25(34)31-17-9-10-19(30)18(29)13-17/h9-16,20-24H,5-8H2,1-4H3,(H,31,34)(H,32,35)/t14?,15?,16?,20?,21-,22?,23-,24?,28?/m1/s1. The predicted molar refractivity (Wildman–Crippen MR) is 138 cm³/mol. The summed E-state index contributed by atoms with van der Waals surface area (Å²) >= 11 is 5.89. The first kappa shape index (κ1) is 26.2. The number of hydrogen-bond acceptors (Lipinski definition) is 4. The molecule has 2 bridgehead atoms. The Labute approximate surface area is 222 Å². The number of halogens is 2. The van der Waals surface area contributed by atoms with Gasteiger partial charge in [-0.3, -0.25) is 14.4 Å². The highest BCUT2D eigenvalue weighted by atomic mass is 35.5. The first-order valence-electron chi connectivity index (χ1n) is 13.3. The molecule has 3 fully saturated rings. The minimum Gasteiger partial charge on any atom is -0.359 e. The third-order valence-corrected chi connectivity index (χ3v) is 9.44. The molecule has 1 aromatic carbocycles. The fourth-order valence-electron chi connectivity index (χ4n) is 6.72. The van der Waals surface area contributed by atoms with Crippen LogP contribution in [-0.4, -0.2) is 52.5 Å². The van der Waals surface area contributed by atoms with Gasteiger partial charge in [-0.25, -0.2) is 4.39 Å². The fourth-order valence-corrected chi connectivity index (χ4v) is 6.90. The number of benzene rings is 1. The van der Waals surface area contributed by atoms with Gasteiger partial charge in [-0.05, 0) is 49.8 Å². The van der Waals surface area contributed by atoms with E-state index in [2.05, 4.69) is 24.5 Å². The van der Waals surface area contributed by atoms with Crippen LogP contribution in [-0.2, 0) is 19.1 Å². The molecule has 200 valence electrons. The quantitative estimate of drug-likeness (QED) is 0.536. The molecule has 7 unspecified atom stereocenters. The number of nitrogens with one attached hydrogen (secondary N) is 2. The van der Waals surface area contributed by atoms with Crippen molar-refractivity contribution in [3.05, 3.63) is 41.2 Å². The number of fused-ring (bicyclic) bond motifs is 1. The van der Waals surface area contributed by atoms with Gasteiger partial charge in [0.1, 0.15) is 17.5 Å². The van der Waals surface area contributed by atoms with Gasteiger partial charge in [-0.15, -0.1) is 0 Å². The molecule has 2 saturated heterocycles. The topological polar surface area (TPSA) is 87.7 Å². The van der Waals surface area contributed by atoms with Crippen LogP contribution in [0.4, 0.5) is 10.1 Å². The van der Waals surface area contributed by atoms with Gasteiger partial charge < -0.3 is 20.3 Å². The van der Waals surface area contributed by atoms with Crippen LogP contribution in [0.15, 0.2) is 30.4 Å². The second-order valence-corrected chi connectivity index (χ2v) is 11.6. The van der Waals surface area contributed by atoms with E-state index in [0.717, 1.165) is 19.3 Å². The summed E-state index contributed by atoms with van der Waals surface area (Å²) in [5.74, 6) is -2.29. The van der Waals surface area contributed by atoms with Crippen LogP contribution in [0.25, 0.3) is 0 Å². The number of amides is 3. The fraction of sp³-hybridized carbons (Fsp3) is 0.607. The van der Waals surface area contributed by atoms with Crippen LogP contribution >= 0.6 is 11.6 Å². The van der Waals surface area contributed by atoms with Crippen molar-refractivity contribution in [3.63, 3.8) is 0 Å². The number of carbonyl (C=O) groups is 3. The van der Waals surface area contributed by atoms with Crippen LogP contribution in [0.5, 0.6) is 0 Å². The van der Waals surface area contributed by atoms with Crippen molar-refractivity contribution in [3.8, 4) is 0 Å². The van der Waals surface area contributed by atoms with Gasteiger partial charge in [0.25, 0.3) is 0 Å². The van der Waals surface area contributed by atoms with Gasteiger partial charge in [0, 0.05) is 17.8 Å². The van der Waals surface area contributed by atoms with Crippen molar-refractivity contribution in [1.82, 2.24) is 10.2 Å². The van der Waals surface area contributed by atoms with Crippen molar-refractivity contribution in [2.75, 3.05) is 5.32 Å². The summed E-state index contributed by atoms with van der Waals surface area (Å²) in [6.07, 6.45) is 6.74. The number of hydrogen-bond donors (Lipinski definition) is 2. The van der Waals surface area contributed by atoms with Gasteiger partial charge in [0.15, 0.2) is 0 Å². The van der Waals surface area contributed by atoms with Crippen LogP contribution in [0.3, 0.4) is 0 Å². The zero-order valence-corrected chi connectivity index (χ0v) is 22.4. The summed E-state index contributed by atoms with van der Waals surface area (Å²) in [6, 6.07) is 2.90. The third-order valence-electron chi connectivity index (χ3n) is 9.15. The molecule has 3 heterocycles. The molecule has 7 nitrogen and oxygen atoms in total. The van der Waals surface area contributed by atoms with E-state index in [-0.39, 0.29) is 28.9 Å². The van der Waals surface area contributed by atoms with Gasteiger partial charge in [-0.2, -0.15) is 0 Å². The molecule has 2 N–H and O–H groups in total. The maximum Gasteiger partial charge on any atom is 0.246 e. The summed E-state index contributed by atoms with van der Waals surface area (Å²) in [7, 11) is 0. The average molecular weight is 532 g/mol. The van der Waals surface area contributed by atoms with Gasteiger partial charge in [0.2, 0.25) is 17.7 Å². The maximum absolute atomic E-state index is 13.9. The zero-order chi connectivity index (χ0) is 26.6. The van der Waals surface area contributed by atoms with E-state index in [1.54, 1.807) is 11.0 Å². The Bertz CT molecular complexity index is 1140. The molecule has 5 rings (SSSR count). The molecular weight excluding hydrogens is 497 g/mol.